The predicted octanol–water partition coefficient (Wildman–Crippen LogP) is 1.05. The van der Waals surface area contributed by atoms with Crippen molar-refractivity contribution in [3.8, 4) is 9.88 Å². The minimum Gasteiger partial charge on any atom is -0.480 e. The van der Waals surface area contributed by atoms with Crippen molar-refractivity contribution in [2.24, 2.45) is 0 Å². The Kier molecular flexibility index (Phi) is 4.25. The van der Waals surface area contributed by atoms with E-state index < -0.39 is 24.5 Å². The summed E-state index contributed by atoms with van der Waals surface area (Å²) in [5, 5.41) is 23.9. The highest BCUT2D eigenvalue weighted by molar-refractivity contribution is 7.20. The molecule has 2 aromatic heterocycles. The van der Waals surface area contributed by atoms with Crippen molar-refractivity contribution in [1.82, 2.24) is 10.3 Å². The van der Waals surface area contributed by atoms with Crippen LogP contribution in [0.4, 0.5) is 0 Å². The Bertz CT molecular complexity index is 579. The Labute approximate surface area is 116 Å². The Morgan fingerprint density at radius 2 is 2.21 bits per heavy atom. The van der Waals surface area contributed by atoms with Gasteiger partial charge in [-0.25, -0.2) is 9.78 Å². The van der Waals surface area contributed by atoms with Crippen LogP contribution in [0.5, 0.6) is 0 Å². The highest BCUT2D eigenvalue weighted by Crippen LogP contribution is 2.27. The molecule has 3 N–H and O–H groups in total. The van der Waals surface area contributed by atoms with Crippen LogP contribution in [0.15, 0.2) is 22.9 Å². The number of hydrogen-bond acceptors (Lipinski definition) is 6. The lowest BCUT2D eigenvalue weighted by atomic mass is 10.3. The third kappa shape index (κ3) is 3.16. The molecule has 0 radical (unpaired) electrons. The predicted molar refractivity (Wildman–Crippen MR) is 71.4 cm³/mol. The monoisotopic (exact) mass is 298 g/mol. The Hall–Kier alpha value is -1.77. The SMILES string of the molecule is O=C(N[C@H](CO)C(=O)O)c1csc(-c2cccs2)n1. The van der Waals surface area contributed by atoms with Gasteiger partial charge in [-0.2, -0.15) is 0 Å². The second kappa shape index (κ2) is 5.91. The first kappa shape index (κ1) is 13.7. The normalized spacial score (nSPS) is 12.1. The number of carboxylic acid groups (broad SMARTS) is 1. The summed E-state index contributed by atoms with van der Waals surface area (Å²) in [4.78, 5) is 27.5. The van der Waals surface area contributed by atoms with Gasteiger partial charge in [0, 0.05) is 5.38 Å². The molecule has 0 aliphatic carbocycles. The van der Waals surface area contributed by atoms with Crippen LogP contribution in [0.3, 0.4) is 0 Å². The summed E-state index contributed by atoms with van der Waals surface area (Å²) in [6.07, 6.45) is 0. The van der Waals surface area contributed by atoms with Crippen molar-refractivity contribution < 1.29 is 19.8 Å². The molecule has 2 rings (SSSR count). The average molecular weight is 298 g/mol. The van der Waals surface area contributed by atoms with E-state index in [1.165, 1.54) is 22.7 Å². The van der Waals surface area contributed by atoms with Crippen LogP contribution in [-0.2, 0) is 4.79 Å². The van der Waals surface area contributed by atoms with Gasteiger partial charge < -0.3 is 15.5 Å². The zero-order valence-electron chi connectivity index (χ0n) is 9.57. The van der Waals surface area contributed by atoms with Crippen LogP contribution in [0.1, 0.15) is 10.5 Å². The molecule has 0 fully saturated rings. The first-order valence-corrected chi connectivity index (χ1v) is 7.01. The summed E-state index contributed by atoms with van der Waals surface area (Å²) in [5.41, 5.74) is 0.146. The lowest BCUT2D eigenvalue weighted by molar-refractivity contribution is -0.140. The van der Waals surface area contributed by atoms with Gasteiger partial charge in [0.2, 0.25) is 0 Å². The number of rotatable bonds is 5. The van der Waals surface area contributed by atoms with Crippen LogP contribution in [0.2, 0.25) is 0 Å². The van der Waals surface area contributed by atoms with E-state index in [2.05, 4.69) is 10.3 Å². The van der Waals surface area contributed by atoms with Crippen molar-refractivity contribution in [3.05, 3.63) is 28.6 Å². The molecule has 0 spiro atoms. The zero-order chi connectivity index (χ0) is 13.8. The number of thiophene rings is 1. The van der Waals surface area contributed by atoms with Gasteiger partial charge in [0.25, 0.3) is 5.91 Å². The summed E-state index contributed by atoms with van der Waals surface area (Å²) in [5.74, 6) is -1.90. The van der Waals surface area contributed by atoms with Gasteiger partial charge >= 0.3 is 5.97 Å². The number of aliphatic hydroxyl groups excluding tert-OH is 1. The molecule has 0 saturated carbocycles. The standard InChI is InChI=1S/C11H10N2O4S2/c14-4-6(11(16)17)12-9(15)7-5-19-10(13-7)8-2-1-3-18-8/h1-3,5-6,14H,4H2,(H,12,15)(H,16,17)/t6-/m1/s1. The third-order valence-corrected chi connectivity index (χ3v) is 4.14. The first-order valence-electron chi connectivity index (χ1n) is 5.25. The summed E-state index contributed by atoms with van der Waals surface area (Å²) < 4.78 is 0. The lowest BCUT2D eigenvalue weighted by Gasteiger charge is -2.09. The van der Waals surface area contributed by atoms with E-state index >= 15 is 0 Å². The second-order valence-electron chi connectivity index (χ2n) is 3.56. The Morgan fingerprint density at radius 3 is 2.79 bits per heavy atom. The van der Waals surface area contributed by atoms with Crippen molar-refractivity contribution in [1.29, 1.82) is 0 Å². The fourth-order valence-electron chi connectivity index (χ4n) is 1.31. The molecule has 100 valence electrons. The molecule has 0 aliphatic heterocycles. The maximum Gasteiger partial charge on any atom is 0.328 e. The maximum atomic E-state index is 11.8. The van der Waals surface area contributed by atoms with Gasteiger partial charge in [0.05, 0.1) is 11.5 Å². The van der Waals surface area contributed by atoms with Crippen molar-refractivity contribution in [2.75, 3.05) is 6.61 Å². The van der Waals surface area contributed by atoms with E-state index in [4.69, 9.17) is 10.2 Å². The number of amides is 1. The number of aliphatic hydroxyl groups is 1. The second-order valence-corrected chi connectivity index (χ2v) is 5.37. The van der Waals surface area contributed by atoms with Gasteiger partial charge in [-0.05, 0) is 11.4 Å². The number of nitrogens with one attached hydrogen (secondary N) is 1. The van der Waals surface area contributed by atoms with E-state index in [9.17, 15) is 9.59 Å². The molecule has 0 aliphatic rings. The Balaban J connectivity index is 2.10. The summed E-state index contributed by atoms with van der Waals surface area (Å²) in [6.45, 7) is -0.664. The van der Waals surface area contributed by atoms with Crippen LogP contribution in [0, 0.1) is 0 Å². The first-order chi connectivity index (χ1) is 9.11. The molecular formula is C11H10N2O4S2. The van der Waals surface area contributed by atoms with Gasteiger partial charge in [-0.15, -0.1) is 22.7 Å². The van der Waals surface area contributed by atoms with E-state index in [1.54, 1.807) is 5.38 Å². The van der Waals surface area contributed by atoms with Crippen molar-refractivity contribution >= 4 is 34.6 Å². The van der Waals surface area contributed by atoms with Crippen molar-refractivity contribution in [2.45, 2.75) is 6.04 Å². The summed E-state index contributed by atoms with van der Waals surface area (Å²) >= 11 is 2.81. The number of carbonyl (C=O) groups excluding carboxylic acids is 1. The molecule has 0 unspecified atom stereocenters. The number of aromatic nitrogens is 1. The number of carboxylic acids is 1. The van der Waals surface area contributed by atoms with Crippen molar-refractivity contribution in [3.63, 3.8) is 0 Å². The largest absolute Gasteiger partial charge is 0.480 e. The van der Waals surface area contributed by atoms with Crippen LogP contribution >= 0.6 is 22.7 Å². The molecule has 0 saturated heterocycles. The quantitative estimate of drug-likeness (QED) is 0.766. The zero-order valence-corrected chi connectivity index (χ0v) is 11.2. The molecular weight excluding hydrogens is 288 g/mol. The Morgan fingerprint density at radius 1 is 1.42 bits per heavy atom. The van der Waals surface area contributed by atoms with Gasteiger partial charge in [-0.3, -0.25) is 4.79 Å². The molecule has 8 heteroatoms. The summed E-state index contributed by atoms with van der Waals surface area (Å²) in [6, 6.07) is 2.45. The van der Waals surface area contributed by atoms with Gasteiger partial charge in [-0.1, -0.05) is 6.07 Å². The highest BCUT2D eigenvalue weighted by Gasteiger charge is 2.21. The smallest absolute Gasteiger partial charge is 0.328 e. The van der Waals surface area contributed by atoms with E-state index in [0.29, 0.717) is 5.01 Å². The number of aliphatic carboxylic acids is 1. The molecule has 2 heterocycles. The molecule has 1 amide bonds. The fraction of sp³-hybridized carbons (Fsp3) is 0.182. The molecule has 2 aromatic rings. The average Bonchev–Trinajstić information content (AvgIpc) is 3.04. The van der Waals surface area contributed by atoms with Crippen LogP contribution in [0.25, 0.3) is 9.88 Å². The maximum absolute atomic E-state index is 11.8. The van der Waals surface area contributed by atoms with E-state index in [1.807, 2.05) is 17.5 Å². The van der Waals surface area contributed by atoms with Gasteiger partial charge in [0.1, 0.15) is 10.7 Å². The van der Waals surface area contributed by atoms with E-state index in [0.717, 1.165) is 4.88 Å². The molecule has 19 heavy (non-hydrogen) atoms. The summed E-state index contributed by atoms with van der Waals surface area (Å²) in [7, 11) is 0. The fourth-order valence-corrected chi connectivity index (χ4v) is 2.92. The van der Waals surface area contributed by atoms with Gasteiger partial charge in [0.15, 0.2) is 6.04 Å². The van der Waals surface area contributed by atoms with Crippen LogP contribution < -0.4 is 5.32 Å². The highest BCUT2D eigenvalue weighted by atomic mass is 32.1. The molecule has 1 atom stereocenters. The molecule has 0 bridgehead atoms. The molecule has 6 nitrogen and oxygen atoms in total. The number of carbonyl (C=O) groups is 2. The molecule has 0 aromatic carbocycles. The minimum absolute atomic E-state index is 0.146. The lowest BCUT2D eigenvalue weighted by Crippen LogP contribution is -2.43. The van der Waals surface area contributed by atoms with E-state index in [-0.39, 0.29) is 5.69 Å². The number of thiazole rings is 1. The number of hydrogen-bond donors (Lipinski definition) is 3. The topological polar surface area (TPSA) is 99.5 Å². The number of nitrogens with zero attached hydrogens (tertiary/aromatic N) is 1. The third-order valence-electron chi connectivity index (χ3n) is 2.25. The minimum atomic E-state index is -1.32. The van der Waals surface area contributed by atoms with Crippen LogP contribution in [-0.4, -0.2) is 39.7 Å².